The Kier molecular flexibility index (Phi) is 4.41. The van der Waals surface area contributed by atoms with E-state index in [1.165, 1.54) is 11.4 Å². The average molecular weight is 267 g/mol. The lowest BCUT2D eigenvalue weighted by atomic mass is 9.90. The SMILES string of the molecule is CCNC1CCN(C(C)(C)c2nccs2)CC1C. The van der Waals surface area contributed by atoms with Gasteiger partial charge >= 0.3 is 0 Å². The number of nitrogens with zero attached hydrogens (tertiary/aromatic N) is 2. The zero-order valence-electron chi connectivity index (χ0n) is 11.9. The van der Waals surface area contributed by atoms with Gasteiger partial charge in [-0.05, 0) is 32.7 Å². The zero-order valence-corrected chi connectivity index (χ0v) is 12.8. The summed E-state index contributed by atoms with van der Waals surface area (Å²) < 4.78 is 0. The molecule has 2 unspecified atom stereocenters. The Hall–Kier alpha value is -0.450. The van der Waals surface area contributed by atoms with E-state index in [0.29, 0.717) is 12.0 Å². The maximum atomic E-state index is 4.50. The first-order valence-corrected chi connectivity index (χ1v) is 7.82. The van der Waals surface area contributed by atoms with E-state index in [1.807, 2.05) is 6.20 Å². The van der Waals surface area contributed by atoms with Crippen molar-refractivity contribution in [2.45, 2.75) is 45.7 Å². The van der Waals surface area contributed by atoms with Crippen LogP contribution in [0.5, 0.6) is 0 Å². The second kappa shape index (κ2) is 5.68. The van der Waals surface area contributed by atoms with Crippen LogP contribution < -0.4 is 5.32 Å². The van der Waals surface area contributed by atoms with Gasteiger partial charge in [0.2, 0.25) is 0 Å². The number of piperidine rings is 1. The monoisotopic (exact) mass is 267 g/mol. The molecule has 0 spiro atoms. The minimum absolute atomic E-state index is 0.0691. The van der Waals surface area contributed by atoms with Crippen molar-refractivity contribution in [3.8, 4) is 0 Å². The van der Waals surface area contributed by atoms with Crippen LogP contribution in [0.1, 0.15) is 39.1 Å². The molecule has 0 amide bonds. The first-order chi connectivity index (χ1) is 8.55. The normalized spacial score (nSPS) is 26.4. The summed E-state index contributed by atoms with van der Waals surface area (Å²) in [5.41, 5.74) is 0.0691. The number of aromatic nitrogens is 1. The molecule has 4 heteroatoms. The van der Waals surface area contributed by atoms with Gasteiger partial charge in [0.1, 0.15) is 5.01 Å². The molecular formula is C14H25N3S. The number of nitrogens with one attached hydrogen (secondary N) is 1. The highest BCUT2D eigenvalue weighted by atomic mass is 32.1. The number of thiazole rings is 1. The highest BCUT2D eigenvalue weighted by Gasteiger charge is 2.36. The van der Waals surface area contributed by atoms with Crippen molar-refractivity contribution in [2.24, 2.45) is 5.92 Å². The van der Waals surface area contributed by atoms with E-state index in [4.69, 9.17) is 0 Å². The van der Waals surface area contributed by atoms with Crippen molar-refractivity contribution in [2.75, 3.05) is 19.6 Å². The molecule has 18 heavy (non-hydrogen) atoms. The molecule has 0 bridgehead atoms. The highest BCUT2D eigenvalue weighted by molar-refractivity contribution is 7.09. The quantitative estimate of drug-likeness (QED) is 0.909. The molecule has 1 aromatic heterocycles. The van der Waals surface area contributed by atoms with Gasteiger partial charge in [-0.2, -0.15) is 0 Å². The molecule has 3 nitrogen and oxygen atoms in total. The van der Waals surface area contributed by atoms with Gasteiger partial charge in [0.15, 0.2) is 0 Å². The molecule has 1 aliphatic heterocycles. The molecule has 1 aliphatic rings. The van der Waals surface area contributed by atoms with Crippen LogP contribution in [0.3, 0.4) is 0 Å². The second-order valence-corrected chi connectivity index (χ2v) is 6.67. The molecule has 1 saturated heterocycles. The van der Waals surface area contributed by atoms with Crippen LogP contribution in [-0.2, 0) is 5.54 Å². The van der Waals surface area contributed by atoms with E-state index in [0.717, 1.165) is 19.6 Å². The number of hydrogen-bond acceptors (Lipinski definition) is 4. The van der Waals surface area contributed by atoms with E-state index in [2.05, 4.69) is 48.3 Å². The second-order valence-electron chi connectivity index (χ2n) is 5.77. The van der Waals surface area contributed by atoms with Crippen LogP contribution in [0.25, 0.3) is 0 Å². The van der Waals surface area contributed by atoms with Crippen LogP contribution >= 0.6 is 11.3 Å². The average Bonchev–Trinajstić information content (AvgIpc) is 2.86. The molecule has 1 N–H and O–H groups in total. The molecule has 0 aliphatic carbocycles. The maximum Gasteiger partial charge on any atom is 0.112 e. The van der Waals surface area contributed by atoms with Crippen LogP contribution in [0.15, 0.2) is 11.6 Å². The molecule has 1 aromatic rings. The first-order valence-electron chi connectivity index (χ1n) is 6.94. The molecular weight excluding hydrogens is 242 g/mol. The molecule has 2 rings (SSSR count). The van der Waals surface area contributed by atoms with E-state index in [-0.39, 0.29) is 5.54 Å². The van der Waals surface area contributed by atoms with Crippen molar-refractivity contribution < 1.29 is 0 Å². The maximum absolute atomic E-state index is 4.50. The lowest BCUT2D eigenvalue weighted by Gasteiger charge is -2.44. The molecule has 0 radical (unpaired) electrons. The summed E-state index contributed by atoms with van der Waals surface area (Å²) in [5, 5.41) is 6.91. The minimum Gasteiger partial charge on any atom is -0.314 e. The molecule has 1 fully saturated rings. The van der Waals surface area contributed by atoms with Gasteiger partial charge < -0.3 is 5.32 Å². The summed E-state index contributed by atoms with van der Waals surface area (Å²) in [6, 6.07) is 0.679. The van der Waals surface area contributed by atoms with Gasteiger partial charge in [-0.25, -0.2) is 4.98 Å². The molecule has 0 saturated carbocycles. The summed E-state index contributed by atoms with van der Waals surface area (Å²) in [6.07, 6.45) is 3.15. The Morgan fingerprint density at radius 3 is 2.89 bits per heavy atom. The number of hydrogen-bond donors (Lipinski definition) is 1. The molecule has 2 heterocycles. The summed E-state index contributed by atoms with van der Waals surface area (Å²) >= 11 is 1.77. The highest BCUT2D eigenvalue weighted by Crippen LogP contribution is 2.33. The Bertz CT molecular complexity index is 361. The fourth-order valence-corrected chi connectivity index (χ4v) is 3.67. The lowest BCUT2D eigenvalue weighted by molar-refractivity contribution is 0.0527. The van der Waals surface area contributed by atoms with E-state index < -0.39 is 0 Å². The number of rotatable bonds is 4. The lowest BCUT2D eigenvalue weighted by Crippen LogP contribution is -2.53. The third kappa shape index (κ3) is 2.76. The smallest absolute Gasteiger partial charge is 0.112 e. The molecule has 0 aromatic carbocycles. The minimum atomic E-state index is 0.0691. The van der Waals surface area contributed by atoms with Crippen LogP contribution in [0, 0.1) is 5.92 Å². The topological polar surface area (TPSA) is 28.2 Å². The Morgan fingerprint density at radius 1 is 1.56 bits per heavy atom. The predicted octanol–water partition coefficient (Wildman–Crippen LogP) is 2.70. The van der Waals surface area contributed by atoms with Gasteiger partial charge in [0.05, 0.1) is 5.54 Å². The first kappa shape index (κ1) is 14.0. The summed E-state index contributed by atoms with van der Waals surface area (Å²) in [6.45, 7) is 12.5. The van der Waals surface area contributed by atoms with E-state index in [1.54, 1.807) is 11.3 Å². The molecule has 102 valence electrons. The largest absolute Gasteiger partial charge is 0.314 e. The summed E-state index contributed by atoms with van der Waals surface area (Å²) in [4.78, 5) is 7.09. The van der Waals surface area contributed by atoms with Gasteiger partial charge in [-0.1, -0.05) is 13.8 Å². The Labute approximate surface area is 115 Å². The predicted molar refractivity (Wildman–Crippen MR) is 78.0 cm³/mol. The standard InChI is InChI=1S/C14H25N3S/c1-5-15-12-6-8-17(10-11(12)2)14(3,4)13-16-7-9-18-13/h7,9,11-12,15H,5-6,8,10H2,1-4H3. The third-order valence-corrected chi connectivity index (χ3v) is 5.20. The van der Waals surface area contributed by atoms with Crippen LogP contribution in [0.4, 0.5) is 0 Å². The fourth-order valence-electron chi connectivity index (χ4n) is 2.88. The molecule has 2 atom stereocenters. The van der Waals surface area contributed by atoms with E-state index in [9.17, 15) is 0 Å². The van der Waals surface area contributed by atoms with Gasteiger partial charge in [-0.15, -0.1) is 11.3 Å². The zero-order chi connectivity index (χ0) is 13.2. The third-order valence-electron chi connectivity index (χ3n) is 4.12. The van der Waals surface area contributed by atoms with Crippen molar-refractivity contribution in [3.63, 3.8) is 0 Å². The van der Waals surface area contributed by atoms with Crippen molar-refractivity contribution >= 4 is 11.3 Å². The van der Waals surface area contributed by atoms with Gasteiger partial charge in [0.25, 0.3) is 0 Å². The van der Waals surface area contributed by atoms with E-state index >= 15 is 0 Å². The summed E-state index contributed by atoms with van der Waals surface area (Å²) in [7, 11) is 0. The fraction of sp³-hybridized carbons (Fsp3) is 0.786. The Balaban J connectivity index is 2.04. The summed E-state index contributed by atoms with van der Waals surface area (Å²) in [5.74, 6) is 0.706. The van der Waals surface area contributed by atoms with Crippen molar-refractivity contribution in [1.29, 1.82) is 0 Å². The van der Waals surface area contributed by atoms with Gasteiger partial charge in [-0.3, -0.25) is 4.90 Å². The van der Waals surface area contributed by atoms with Crippen LogP contribution in [-0.4, -0.2) is 35.6 Å². The van der Waals surface area contributed by atoms with Crippen molar-refractivity contribution in [3.05, 3.63) is 16.6 Å². The van der Waals surface area contributed by atoms with Crippen LogP contribution in [0.2, 0.25) is 0 Å². The van der Waals surface area contributed by atoms with Gasteiger partial charge in [0, 0.05) is 30.7 Å². The Morgan fingerprint density at radius 2 is 2.33 bits per heavy atom. The van der Waals surface area contributed by atoms with Crippen molar-refractivity contribution in [1.82, 2.24) is 15.2 Å². The number of likely N-dealkylation sites (tertiary alicyclic amines) is 1.